The van der Waals surface area contributed by atoms with Crippen molar-refractivity contribution in [1.82, 2.24) is 14.8 Å². The van der Waals surface area contributed by atoms with Crippen molar-refractivity contribution in [3.63, 3.8) is 0 Å². The fourth-order valence-electron chi connectivity index (χ4n) is 4.43. The summed E-state index contributed by atoms with van der Waals surface area (Å²) >= 11 is 1.68. The van der Waals surface area contributed by atoms with Crippen LogP contribution in [0.3, 0.4) is 0 Å². The van der Waals surface area contributed by atoms with Crippen LogP contribution in [0.5, 0.6) is 5.75 Å². The first-order valence-electron chi connectivity index (χ1n) is 9.80. The van der Waals surface area contributed by atoms with Crippen molar-refractivity contribution in [1.29, 1.82) is 0 Å². The number of rotatable bonds is 6. The monoisotopic (exact) mass is 388 g/mol. The van der Waals surface area contributed by atoms with Gasteiger partial charge in [-0.1, -0.05) is 19.1 Å². The second-order valence-corrected chi connectivity index (χ2v) is 8.40. The molecule has 0 bridgehead atoms. The molecule has 0 radical (unpaired) electrons. The van der Waals surface area contributed by atoms with E-state index in [1.165, 1.54) is 0 Å². The lowest BCUT2D eigenvalue weighted by Gasteiger charge is -2.35. The number of nitrogens with zero attached hydrogens (tertiary/aromatic N) is 4. The summed E-state index contributed by atoms with van der Waals surface area (Å²) in [5, 5.41) is 15.1. The van der Waals surface area contributed by atoms with E-state index in [4.69, 9.17) is 4.74 Å². The predicted octanol–water partition coefficient (Wildman–Crippen LogP) is 3.06. The van der Waals surface area contributed by atoms with Gasteiger partial charge in [0.05, 0.1) is 6.10 Å². The van der Waals surface area contributed by atoms with Crippen molar-refractivity contribution >= 4 is 17.7 Å². The van der Waals surface area contributed by atoms with E-state index in [1.54, 1.807) is 18.1 Å². The molecule has 0 unspecified atom stereocenters. The van der Waals surface area contributed by atoms with Gasteiger partial charge in [0.25, 0.3) is 0 Å². The summed E-state index contributed by atoms with van der Waals surface area (Å²) in [5.41, 5.74) is 0. The summed E-state index contributed by atoms with van der Waals surface area (Å²) < 4.78 is 8.26. The number of thioether (sulfide) groups is 1. The number of anilines is 1. The fraction of sp³-hybridized carbons (Fsp3) is 0.600. The summed E-state index contributed by atoms with van der Waals surface area (Å²) in [6, 6.07) is 8.08. The van der Waals surface area contributed by atoms with Crippen LogP contribution in [0.4, 0.5) is 5.95 Å². The number of benzene rings is 1. The van der Waals surface area contributed by atoms with Gasteiger partial charge in [-0.05, 0) is 49.5 Å². The van der Waals surface area contributed by atoms with Gasteiger partial charge in [-0.3, -0.25) is 0 Å². The number of fused-ring (bicyclic) bond motifs is 1. The van der Waals surface area contributed by atoms with Gasteiger partial charge in [-0.15, -0.1) is 11.8 Å². The number of aliphatic hydroxyl groups is 1. The van der Waals surface area contributed by atoms with Gasteiger partial charge in [0.2, 0.25) is 5.95 Å². The van der Waals surface area contributed by atoms with E-state index in [9.17, 15) is 5.11 Å². The Balaban J connectivity index is 1.45. The van der Waals surface area contributed by atoms with Gasteiger partial charge in [-0.25, -0.2) is 4.68 Å². The molecule has 1 aromatic carbocycles. The minimum absolute atomic E-state index is 0.145. The van der Waals surface area contributed by atoms with Gasteiger partial charge >= 0.3 is 0 Å². The zero-order chi connectivity index (χ0) is 18.8. The van der Waals surface area contributed by atoms with Crippen LogP contribution in [0.2, 0.25) is 0 Å². The molecule has 7 heteroatoms. The Hall–Kier alpha value is -1.73. The second kappa shape index (κ2) is 8.10. The molecule has 1 aliphatic heterocycles. The number of aromatic nitrogens is 3. The summed E-state index contributed by atoms with van der Waals surface area (Å²) in [6.45, 7) is 4.95. The Kier molecular flexibility index (Phi) is 5.59. The lowest BCUT2D eigenvalue weighted by atomic mass is 9.78. The Morgan fingerprint density at radius 3 is 2.78 bits per heavy atom. The average molecular weight is 389 g/mol. The van der Waals surface area contributed by atoms with Crippen LogP contribution in [-0.2, 0) is 6.54 Å². The van der Waals surface area contributed by atoms with E-state index in [-0.39, 0.29) is 6.10 Å². The zero-order valence-corrected chi connectivity index (χ0v) is 16.8. The first-order chi connectivity index (χ1) is 13.2. The highest BCUT2D eigenvalue weighted by Crippen LogP contribution is 2.40. The molecule has 1 aromatic heterocycles. The third-order valence-electron chi connectivity index (χ3n) is 5.75. The van der Waals surface area contributed by atoms with Gasteiger partial charge in [-0.2, -0.15) is 10.1 Å². The van der Waals surface area contributed by atoms with Gasteiger partial charge in [0.1, 0.15) is 18.2 Å². The number of hydrogen-bond acceptors (Lipinski definition) is 6. The van der Waals surface area contributed by atoms with Crippen LogP contribution in [-0.4, -0.2) is 51.4 Å². The Bertz CT molecular complexity index is 768. The summed E-state index contributed by atoms with van der Waals surface area (Å²) in [4.78, 5) is 7.94. The molecule has 2 heterocycles. The quantitative estimate of drug-likeness (QED) is 0.768. The molecule has 0 amide bonds. The number of ether oxygens (including phenoxy) is 1. The first-order valence-corrected chi connectivity index (χ1v) is 11.0. The van der Waals surface area contributed by atoms with E-state index >= 15 is 0 Å². The maximum absolute atomic E-state index is 10.7. The molecular weight excluding hydrogens is 360 g/mol. The molecule has 1 aliphatic carbocycles. The SMILES string of the molecule is CCCn1ncnc1N1C[C@H]2C[C@@H](Oc3ccccc3SC)[C@H](O)C[C@H]2C1. The molecule has 4 rings (SSSR count). The molecule has 0 spiro atoms. The van der Waals surface area contributed by atoms with Crippen molar-refractivity contribution in [3.8, 4) is 5.75 Å². The smallest absolute Gasteiger partial charge is 0.223 e. The maximum atomic E-state index is 10.7. The van der Waals surface area contributed by atoms with Crippen LogP contribution in [0.1, 0.15) is 26.2 Å². The molecule has 1 saturated heterocycles. The van der Waals surface area contributed by atoms with Gasteiger partial charge in [0.15, 0.2) is 0 Å². The summed E-state index contributed by atoms with van der Waals surface area (Å²) in [6.07, 6.45) is 5.84. The predicted molar refractivity (Wildman–Crippen MR) is 107 cm³/mol. The van der Waals surface area contributed by atoms with Crippen LogP contribution >= 0.6 is 11.8 Å². The summed E-state index contributed by atoms with van der Waals surface area (Å²) in [7, 11) is 0. The standard InChI is InChI=1S/C20H28N4O2S/c1-3-8-24-20(21-13-22-24)23-11-14-9-16(25)18(10-15(14)12-23)26-17-6-4-5-7-19(17)27-2/h4-7,13-16,18,25H,3,8-12H2,1-2H3/t14-,15+,16+,18+/m0/s1. The molecule has 2 aromatic rings. The van der Waals surface area contributed by atoms with Crippen LogP contribution in [0.25, 0.3) is 0 Å². The highest BCUT2D eigenvalue weighted by molar-refractivity contribution is 7.98. The van der Waals surface area contributed by atoms with Gasteiger partial charge in [0, 0.05) is 24.5 Å². The molecule has 4 atom stereocenters. The number of aliphatic hydroxyl groups excluding tert-OH is 1. The molecule has 1 saturated carbocycles. The second-order valence-electron chi connectivity index (χ2n) is 7.55. The van der Waals surface area contributed by atoms with E-state index in [1.807, 2.05) is 22.9 Å². The van der Waals surface area contributed by atoms with Crippen molar-refractivity contribution in [2.75, 3.05) is 24.2 Å². The highest BCUT2D eigenvalue weighted by atomic mass is 32.2. The largest absolute Gasteiger partial charge is 0.487 e. The normalized spacial score (nSPS) is 27.6. The molecule has 2 fully saturated rings. The molecule has 1 N–H and O–H groups in total. The number of hydrogen-bond donors (Lipinski definition) is 1. The number of aryl methyl sites for hydroxylation is 1. The Morgan fingerprint density at radius 2 is 2.00 bits per heavy atom. The average Bonchev–Trinajstić information content (AvgIpc) is 3.29. The topological polar surface area (TPSA) is 63.4 Å². The van der Waals surface area contributed by atoms with Crippen molar-refractivity contribution in [2.24, 2.45) is 11.8 Å². The molecule has 6 nitrogen and oxygen atoms in total. The molecule has 146 valence electrons. The molecular formula is C20H28N4O2S. The lowest BCUT2D eigenvalue weighted by Crippen LogP contribution is -2.42. The fourth-order valence-corrected chi connectivity index (χ4v) is 4.96. The van der Waals surface area contributed by atoms with Crippen LogP contribution in [0.15, 0.2) is 35.5 Å². The van der Waals surface area contributed by atoms with Crippen molar-refractivity contribution in [3.05, 3.63) is 30.6 Å². The minimum Gasteiger partial charge on any atom is -0.487 e. The number of para-hydroxylation sites is 1. The van der Waals surface area contributed by atoms with E-state index in [2.05, 4.69) is 34.2 Å². The third-order valence-corrected chi connectivity index (χ3v) is 6.52. The lowest BCUT2D eigenvalue weighted by molar-refractivity contribution is -0.0243. The van der Waals surface area contributed by atoms with Gasteiger partial charge < -0.3 is 14.7 Å². The van der Waals surface area contributed by atoms with E-state index in [0.717, 1.165) is 55.5 Å². The zero-order valence-electron chi connectivity index (χ0n) is 16.0. The van der Waals surface area contributed by atoms with E-state index in [0.29, 0.717) is 11.8 Å². The highest BCUT2D eigenvalue weighted by Gasteiger charge is 2.43. The minimum atomic E-state index is -0.422. The van der Waals surface area contributed by atoms with Crippen LogP contribution in [0, 0.1) is 11.8 Å². The Morgan fingerprint density at radius 1 is 1.22 bits per heavy atom. The van der Waals surface area contributed by atoms with Crippen LogP contribution < -0.4 is 9.64 Å². The summed E-state index contributed by atoms with van der Waals surface area (Å²) in [5.74, 6) is 2.85. The van der Waals surface area contributed by atoms with E-state index < -0.39 is 6.10 Å². The van der Waals surface area contributed by atoms with Crippen molar-refractivity contribution < 1.29 is 9.84 Å². The maximum Gasteiger partial charge on any atom is 0.223 e. The van der Waals surface area contributed by atoms with Crippen molar-refractivity contribution in [2.45, 2.75) is 49.8 Å². The molecule has 2 aliphatic rings. The third kappa shape index (κ3) is 3.80. The molecule has 27 heavy (non-hydrogen) atoms. The Labute approximate surface area is 164 Å². The first kappa shape index (κ1) is 18.6.